The topological polar surface area (TPSA) is 24.7 Å². The monoisotopic (exact) mass is 270 g/mol. The van der Waals surface area contributed by atoms with Gasteiger partial charge in [0.05, 0.1) is 5.69 Å². The number of allylic oxidation sites excluding steroid dienone is 1. The molecule has 0 aliphatic carbocycles. The van der Waals surface area contributed by atoms with E-state index in [9.17, 15) is 0 Å². The Kier molecular flexibility index (Phi) is 5.66. The minimum Gasteiger partial charge on any atom is -0.166 e. The van der Waals surface area contributed by atoms with Crippen LogP contribution in [0.4, 0.5) is 5.69 Å². The van der Waals surface area contributed by atoms with Crippen molar-refractivity contribution >= 4 is 28.9 Å². The molecule has 1 atom stereocenters. The summed E-state index contributed by atoms with van der Waals surface area (Å²) in [5.74, 6) is 0. The van der Waals surface area contributed by atoms with Crippen LogP contribution in [-0.2, 0) is 0 Å². The van der Waals surface area contributed by atoms with Crippen molar-refractivity contribution < 1.29 is 0 Å². The number of hydrogen-bond donors (Lipinski definition) is 0. The molecule has 0 radical (unpaired) electrons. The lowest BCUT2D eigenvalue weighted by atomic mass is 10.1. The molecule has 0 heterocycles. The Morgan fingerprint density at radius 2 is 2.00 bits per heavy atom. The Morgan fingerprint density at radius 3 is 2.59 bits per heavy atom. The maximum Gasteiger partial charge on any atom is 0.152 e. The van der Waals surface area contributed by atoms with E-state index in [0.29, 0.717) is 5.02 Å². The number of rotatable bonds is 6. The maximum absolute atomic E-state index is 6.23. The van der Waals surface area contributed by atoms with Crippen LogP contribution >= 0.6 is 23.2 Å². The van der Waals surface area contributed by atoms with Crippen molar-refractivity contribution in [1.29, 1.82) is 0 Å². The first-order valence-corrected chi connectivity index (χ1v) is 6.27. The average molecular weight is 271 g/mol. The molecule has 1 aromatic rings. The van der Waals surface area contributed by atoms with Crippen molar-refractivity contribution in [3.8, 4) is 0 Å². The van der Waals surface area contributed by atoms with Gasteiger partial charge in [-0.3, -0.25) is 0 Å². The summed E-state index contributed by atoms with van der Waals surface area (Å²) in [6, 6.07) is 7.17. The highest BCUT2D eigenvalue weighted by Crippen LogP contribution is 2.26. The average Bonchev–Trinajstić information content (AvgIpc) is 2.29. The highest BCUT2D eigenvalue weighted by atomic mass is 35.5. The lowest BCUT2D eigenvalue weighted by Crippen LogP contribution is -2.11. The smallest absolute Gasteiger partial charge is 0.152 e. The molecule has 0 amide bonds. The van der Waals surface area contributed by atoms with Gasteiger partial charge < -0.3 is 0 Å². The molecule has 0 aliphatic heterocycles. The van der Waals surface area contributed by atoms with Gasteiger partial charge in [-0.05, 0) is 50.5 Å². The number of benzene rings is 1. The van der Waals surface area contributed by atoms with Crippen LogP contribution in [0, 0.1) is 0 Å². The first kappa shape index (κ1) is 14.2. The Labute approximate surface area is 112 Å². The van der Waals surface area contributed by atoms with Gasteiger partial charge in [-0.1, -0.05) is 29.3 Å². The van der Waals surface area contributed by atoms with Crippen LogP contribution in [-0.4, -0.2) is 5.00 Å². The molecule has 1 aromatic carbocycles. The Bertz CT molecular complexity index is 383. The first-order valence-electron chi connectivity index (χ1n) is 5.52. The normalized spacial score (nSPS) is 14.8. The van der Waals surface area contributed by atoms with E-state index in [2.05, 4.69) is 16.8 Å². The molecule has 4 heteroatoms. The molecular weight excluding hydrogens is 255 g/mol. The van der Waals surface area contributed by atoms with Crippen molar-refractivity contribution in [2.45, 2.75) is 31.2 Å². The third-order valence-electron chi connectivity index (χ3n) is 2.24. The van der Waals surface area contributed by atoms with Gasteiger partial charge in [-0.2, -0.15) is 10.2 Å². The SMILES string of the molecule is C=CCCCC(C)(Cl)N=Nc1ccc(Cl)cc1. The van der Waals surface area contributed by atoms with Crippen molar-refractivity contribution in [2.24, 2.45) is 10.2 Å². The van der Waals surface area contributed by atoms with Gasteiger partial charge in [-0.15, -0.1) is 6.58 Å². The van der Waals surface area contributed by atoms with E-state index in [1.54, 1.807) is 12.1 Å². The minimum absolute atomic E-state index is 0.650. The molecule has 0 aromatic heterocycles. The lowest BCUT2D eigenvalue weighted by Gasteiger charge is -2.14. The van der Waals surface area contributed by atoms with Crippen LogP contribution in [0.5, 0.6) is 0 Å². The van der Waals surface area contributed by atoms with Crippen LogP contribution in [0.1, 0.15) is 26.2 Å². The number of alkyl halides is 1. The first-order chi connectivity index (χ1) is 8.03. The molecule has 2 nitrogen and oxygen atoms in total. The molecule has 92 valence electrons. The lowest BCUT2D eigenvalue weighted by molar-refractivity contribution is 0.552. The van der Waals surface area contributed by atoms with Crippen molar-refractivity contribution in [1.82, 2.24) is 0 Å². The predicted molar refractivity (Wildman–Crippen MR) is 74.3 cm³/mol. The van der Waals surface area contributed by atoms with Crippen molar-refractivity contribution in [3.05, 3.63) is 41.9 Å². The predicted octanol–water partition coefficient (Wildman–Crippen LogP) is 5.74. The number of hydrogen-bond acceptors (Lipinski definition) is 2. The summed E-state index contributed by atoms with van der Waals surface area (Å²) >= 11 is 12.0. The van der Waals surface area contributed by atoms with Crippen molar-refractivity contribution in [3.63, 3.8) is 0 Å². The van der Waals surface area contributed by atoms with Gasteiger partial charge in [0.2, 0.25) is 0 Å². The van der Waals surface area contributed by atoms with Crippen LogP contribution in [0.2, 0.25) is 5.02 Å². The van der Waals surface area contributed by atoms with Crippen LogP contribution in [0.3, 0.4) is 0 Å². The summed E-state index contributed by atoms with van der Waals surface area (Å²) in [6.45, 7) is 5.53. The molecular formula is C13H16Cl2N2. The Morgan fingerprint density at radius 1 is 1.35 bits per heavy atom. The molecule has 0 saturated heterocycles. The third kappa shape index (κ3) is 5.85. The number of halogens is 2. The zero-order valence-corrected chi connectivity index (χ0v) is 11.4. The zero-order valence-electron chi connectivity index (χ0n) is 9.87. The summed E-state index contributed by atoms with van der Waals surface area (Å²) < 4.78 is 0. The number of nitrogens with zero attached hydrogens (tertiary/aromatic N) is 2. The summed E-state index contributed by atoms with van der Waals surface area (Å²) in [5.41, 5.74) is 0.755. The summed E-state index contributed by atoms with van der Waals surface area (Å²) in [5, 5.41) is 8.93. The van der Waals surface area contributed by atoms with Crippen molar-refractivity contribution in [2.75, 3.05) is 0 Å². The number of azo groups is 1. The summed E-state index contributed by atoms with van der Waals surface area (Å²) in [4.78, 5) is -0.650. The van der Waals surface area contributed by atoms with Crippen LogP contribution < -0.4 is 0 Å². The minimum atomic E-state index is -0.650. The summed E-state index contributed by atoms with van der Waals surface area (Å²) in [6.07, 6.45) is 4.56. The molecule has 1 rings (SSSR count). The highest BCUT2D eigenvalue weighted by Gasteiger charge is 2.18. The second kappa shape index (κ2) is 6.77. The second-order valence-electron chi connectivity index (χ2n) is 4.00. The summed E-state index contributed by atoms with van der Waals surface area (Å²) in [7, 11) is 0. The molecule has 17 heavy (non-hydrogen) atoms. The molecule has 0 fully saturated rings. The van der Waals surface area contributed by atoms with Gasteiger partial charge in [0.25, 0.3) is 0 Å². The van der Waals surface area contributed by atoms with E-state index in [1.165, 1.54) is 0 Å². The fraction of sp³-hybridized carbons (Fsp3) is 0.385. The molecule has 0 spiro atoms. The molecule has 0 saturated carbocycles. The molecule has 0 N–H and O–H groups in total. The molecule has 0 aliphatic rings. The van der Waals surface area contributed by atoms with Gasteiger partial charge in [0.15, 0.2) is 5.00 Å². The molecule has 1 unspecified atom stereocenters. The third-order valence-corrected chi connectivity index (χ3v) is 2.76. The standard InChI is InChI=1S/C13H16Cl2N2/c1-3-4-5-10-13(2,15)17-16-12-8-6-11(14)7-9-12/h3,6-9H,1,4-5,10H2,2H3. The Balaban J connectivity index is 2.56. The van der Waals surface area contributed by atoms with E-state index >= 15 is 0 Å². The van der Waals surface area contributed by atoms with Gasteiger partial charge >= 0.3 is 0 Å². The van der Waals surface area contributed by atoms with Crippen LogP contribution in [0.25, 0.3) is 0 Å². The van der Waals surface area contributed by atoms with Crippen LogP contribution in [0.15, 0.2) is 47.1 Å². The van der Waals surface area contributed by atoms with Gasteiger partial charge in [0, 0.05) is 5.02 Å². The number of unbranched alkanes of at least 4 members (excludes halogenated alkanes) is 1. The van der Waals surface area contributed by atoms with E-state index in [-0.39, 0.29) is 0 Å². The maximum atomic E-state index is 6.23. The van der Waals surface area contributed by atoms with E-state index in [4.69, 9.17) is 23.2 Å². The fourth-order valence-corrected chi connectivity index (χ4v) is 1.59. The Hall–Kier alpha value is -0.860. The van der Waals surface area contributed by atoms with Gasteiger partial charge in [0.1, 0.15) is 0 Å². The quantitative estimate of drug-likeness (QED) is 0.207. The molecule has 0 bridgehead atoms. The fourth-order valence-electron chi connectivity index (χ4n) is 1.29. The van der Waals surface area contributed by atoms with E-state index in [0.717, 1.165) is 24.9 Å². The second-order valence-corrected chi connectivity index (χ2v) is 5.25. The zero-order chi connectivity index (χ0) is 12.7. The van der Waals surface area contributed by atoms with E-state index in [1.807, 2.05) is 25.1 Å². The van der Waals surface area contributed by atoms with Gasteiger partial charge in [-0.25, -0.2) is 0 Å². The van der Waals surface area contributed by atoms with E-state index < -0.39 is 5.00 Å². The highest BCUT2D eigenvalue weighted by molar-refractivity contribution is 6.30. The largest absolute Gasteiger partial charge is 0.166 e.